The smallest absolute Gasteiger partial charge is 0.191 e. The highest BCUT2D eigenvalue weighted by atomic mass is 127. The third-order valence-electron chi connectivity index (χ3n) is 3.87. The number of ether oxygens (including phenoxy) is 1. The van der Waals surface area contributed by atoms with E-state index in [-0.39, 0.29) is 35.9 Å². The molecule has 1 heterocycles. The largest absolute Gasteiger partial charge is 0.375 e. The number of guanidine groups is 1. The first-order chi connectivity index (χ1) is 12.7. The van der Waals surface area contributed by atoms with Crippen LogP contribution in [0.2, 0.25) is 0 Å². The SMILES string of the molecule is CCNC(=NCC(OC)c1ccc(F)cc1)NCCc1ncc(CC)s1.I. The van der Waals surface area contributed by atoms with Gasteiger partial charge in [0.2, 0.25) is 0 Å². The molecule has 0 aliphatic carbocycles. The molecule has 5 nitrogen and oxygen atoms in total. The zero-order valence-electron chi connectivity index (χ0n) is 16.0. The molecule has 8 heteroatoms. The molecule has 2 N–H and O–H groups in total. The molecule has 2 aromatic rings. The van der Waals surface area contributed by atoms with E-state index in [1.165, 1.54) is 17.0 Å². The molecule has 0 saturated heterocycles. The lowest BCUT2D eigenvalue weighted by Crippen LogP contribution is -2.38. The summed E-state index contributed by atoms with van der Waals surface area (Å²) in [6.45, 7) is 6.15. The lowest BCUT2D eigenvalue weighted by Gasteiger charge is -2.16. The predicted octanol–water partition coefficient (Wildman–Crippen LogP) is 3.95. The summed E-state index contributed by atoms with van der Waals surface area (Å²) in [7, 11) is 1.64. The molecule has 27 heavy (non-hydrogen) atoms. The summed E-state index contributed by atoms with van der Waals surface area (Å²) in [4.78, 5) is 10.3. The van der Waals surface area contributed by atoms with Crippen LogP contribution in [0.15, 0.2) is 35.5 Å². The molecule has 150 valence electrons. The van der Waals surface area contributed by atoms with Crippen LogP contribution >= 0.6 is 35.3 Å². The summed E-state index contributed by atoms with van der Waals surface area (Å²) < 4.78 is 18.6. The molecule has 1 aromatic heterocycles. The van der Waals surface area contributed by atoms with E-state index in [4.69, 9.17) is 4.74 Å². The Bertz CT molecular complexity index is 693. The number of halogens is 2. The van der Waals surface area contributed by atoms with Crippen LogP contribution in [-0.2, 0) is 17.6 Å². The van der Waals surface area contributed by atoms with Gasteiger partial charge < -0.3 is 15.4 Å². The molecular formula is C19H28FIN4OS. The van der Waals surface area contributed by atoms with Gasteiger partial charge in [0, 0.05) is 37.7 Å². The lowest BCUT2D eigenvalue weighted by atomic mass is 10.1. The van der Waals surface area contributed by atoms with E-state index < -0.39 is 0 Å². The van der Waals surface area contributed by atoms with Gasteiger partial charge in [0.15, 0.2) is 5.96 Å². The summed E-state index contributed by atoms with van der Waals surface area (Å²) in [6, 6.07) is 6.33. The molecule has 0 spiro atoms. The molecule has 0 aliphatic heterocycles. The van der Waals surface area contributed by atoms with Gasteiger partial charge in [0.1, 0.15) is 11.9 Å². The number of benzene rings is 1. The summed E-state index contributed by atoms with van der Waals surface area (Å²) in [5.74, 6) is 0.486. The number of nitrogens with one attached hydrogen (secondary N) is 2. The second-order valence-corrected chi connectivity index (χ2v) is 6.95. The van der Waals surface area contributed by atoms with E-state index in [1.807, 2.05) is 13.1 Å². The number of rotatable bonds is 9. The van der Waals surface area contributed by atoms with E-state index in [0.717, 1.165) is 42.5 Å². The first-order valence-electron chi connectivity index (χ1n) is 8.90. The van der Waals surface area contributed by atoms with Gasteiger partial charge in [-0.3, -0.25) is 4.99 Å². The van der Waals surface area contributed by atoms with Crippen molar-refractivity contribution < 1.29 is 9.13 Å². The lowest BCUT2D eigenvalue weighted by molar-refractivity contribution is 0.111. The first-order valence-corrected chi connectivity index (χ1v) is 9.71. The Morgan fingerprint density at radius 1 is 1.26 bits per heavy atom. The second kappa shape index (κ2) is 13.0. The minimum absolute atomic E-state index is 0. The van der Waals surface area contributed by atoms with Crippen LogP contribution in [0.5, 0.6) is 0 Å². The molecule has 1 unspecified atom stereocenters. The molecule has 0 bridgehead atoms. The third-order valence-corrected chi connectivity index (χ3v) is 5.07. The topological polar surface area (TPSA) is 58.5 Å². The number of nitrogens with zero attached hydrogens (tertiary/aromatic N) is 2. The highest BCUT2D eigenvalue weighted by Crippen LogP contribution is 2.17. The van der Waals surface area contributed by atoms with Crippen LogP contribution in [-0.4, -0.2) is 37.7 Å². The number of aliphatic imine (C=N–C) groups is 1. The zero-order valence-corrected chi connectivity index (χ0v) is 19.1. The Hall–Kier alpha value is -1.26. The van der Waals surface area contributed by atoms with Crippen LogP contribution in [0.1, 0.15) is 35.4 Å². The van der Waals surface area contributed by atoms with E-state index in [0.29, 0.717) is 6.54 Å². The minimum Gasteiger partial charge on any atom is -0.375 e. The number of aromatic nitrogens is 1. The fourth-order valence-electron chi connectivity index (χ4n) is 2.42. The summed E-state index contributed by atoms with van der Waals surface area (Å²) in [6.07, 6.45) is 3.63. The average Bonchev–Trinajstić information content (AvgIpc) is 3.11. The highest BCUT2D eigenvalue weighted by Gasteiger charge is 2.10. The number of hydrogen-bond donors (Lipinski definition) is 2. The van der Waals surface area contributed by atoms with Gasteiger partial charge in [-0.1, -0.05) is 19.1 Å². The molecule has 0 amide bonds. The highest BCUT2D eigenvalue weighted by molar-refractivity contribution is 14.0. The van der Waals surface area contributed by atoms with Crippen molar-refractivity contribution in [3.05, 3.63) is 51.7 Å². The normalized spacial score (nSPS) is 12.4. The van der Waals surface area contributed by atoms with E-state index in [1.54, 1.807) is 30.6 Å². The maximum Gasteiger partial charge on any atom is 0.191 e. The van der Waals surface area contributed by atoms with Crippen LogP contribution < -0.4 is 10.6 Å². The van der Waals surface area contributed by atoms with Crippen molar-refractivity contribution in [1.29, 1.82) is 0 Å². The Morgan fingerprint density at radius 3 is 2.59 bits per heavy atom. The van der Waals surface area contributed by atoms with E-state index >= 15 is 0 Å². The number of methoxy groups -OCH3 is 1. The fraction of sp³-hybridized carbons (Fsp3) is 0.474. The second-order valence-electron chi connectivity index (χ2n) is 5.75. The van der Waals surface area contributed by atoms with Crippen LogP contribution in [0.4, 0.5) is 4.39 Å². The van der Waals surface area contributed by atoms with Crippen molar-refractivity contribution in [2.24, 2.45) is 4.99 Å². The maximum atomic E-state index is 13.1. The molecule has 1 atom stereocenters. The molecule has 1 aromatic carbocycles. The predicted molar refractivity (Wildman–Crippen MR) is 121 cm³/mol. The van der Waals surface area contributed by atoms with Crippen molar-refractivity contribution in [2.75, 3.05) is 26.7 Å². The molecule has 0 fully saturated rings. The summed E-state index contributed by atoms with van der Waals surface area (Å²) in [5.41, 5.74) is 0.906. The van der Waals surface area contributed by atoms with Gasteiger partial charge in [-0.25, -0.2) is 9.37 Å². The number of thiazole rings is 1. The van der Waals surface area contributed by atoms with Crippen molar-refractivity contribution in [3.8, 4) is 0 Å². The number of hydrogen-bond acceptors (Lipinski definition) is 4. The third kappa shape index (κ3) is 8.10. The fourth-order valence-corrected chi connectivity index (χ4v) is 3.29. The van der Waals surface area contributed by atoms with E-state index in [9.17, 15) is 4.39 Å². The monoisotopic (exact) mass is 506 g/mol. The maximum absolute atomic E-state index is 13.1. The molecule has 0 saturated carbocycles. The quantitative estimate of drug-likeness (QED) is 0.307. The number of aryl methyl sites for hydroxylation is 1. The Labute approximate surface area is 181 Å². The average molecular weight is 506 g/mol. The zero-order chi connectivity index (χ0) is 18.8. The van der Waals surface area contributed by atoms with Gasteiger partial charge in [0.25, 0.3) is 0 Å². The van der Waals surface area contributed by atoms with Crippen molar-refractivity contribution in [2.45, 2.75) is 32.8 Å². The van der Waals surface area contributed by atoms with Crippen LogP contribution in [0, 0.1) is 5.82 Å². The van der Waals surface area contributed by atoms with Gasteiger partial charge in [-0.05, 0) is 31.0 Å². The van der Waals surface area contributed by atoms with Crippen LogP contribution in [0.3, 0.4) is 0 Å². The standard InChI is InChI=1S/C19H27FN4OS.HI/c1-4-16-12-23-18(26-16)10-11-22-19(21-5-2)24-13-17(25-3)14-6-8-15(20)9-7-14;/h6-9,12,17H,4-5,10-11,13H2,1-3H3,(H2,21,22,24);1H. The molecular weight excluding hydrogens is 478 g/mol. The Balaban J connectivity index is 0.00000364. The van der Waals surface area contributed by atoms with Crippen LogP contribution in [0.25, 0.3) is 0 Å². The minimum atomic E-state index is -0.254. The van der Waals surface area contributed by atoms with E-state index in [2.05, 4.69) is 27.5 Å². The van der Waals surface area contributed by atoms with Gasteiger partial charge in [0.05, 0.1) is 11.6 Å². The molecule has 0 aliphatic rings. The molecule has 2 rings (SSSR count). The first kappa shape index (κ1) is 23.8. The Morgan fingerprint density at radius 2 is 2.00 bits per heavy atom. The van der Waals surface area contributed by atoms with Gasteiger partial charge in [-0.15, -0.1) is 35.3 Å². The van der Waals surface area contributed by atoms with Crippen molar-refractivity contribution in [3.63, 3.8) is 0 Å². The van der Waals surface area contributed by atoms with Gasteiger partial charge in [-0.2, -0.15) is 0 Å². The summed E-state index contributed by atoms with van der Waals surface area (Å²) in [5, 5.41) is 7.69. The van der Waals surface area contributed by atoms with Crippen molar-refractivity contribution >= 4 is 41.3 Å². The van der Waals surface area contributed by atoms with Gasteiger partial charge >= 0.3 is 0 Å². The Kier molecular flexibility index (Phi) is 11.5. The van der Waals surface area contributed by atoms with Crippen molar-refractivity contribution in [1.82, 2.24) is 15.6 Å². The summed E-state index contributed by atoms with van der Waals surface area (Å²) >= 11 is 1.76. The molecule has 0 radical (unpaired) electrons.